The van der Waals surface area contributed by atoms with Crippen LogP contribution in [0.4, 0.5) is 0 Å². The Bertz CT molecular complexity index is 275. The summed E-state index contributed by atoms with van der Waals surface area (Å²) in [6.07, 6.45) is 11.7. The van der Waals surface area contributed by atoms with Crippen LogP contribution in [0, 0.1) is 23.2 Å². The lowest BCUT2D eigenvalue weighted by atomic mass is 9.76. The van der Waals surface area contributed by atoms with Crippen LogP contribution in [-0.4, -0.2) is 6.21 Å². The Kier molecular flexibility index (Phi) is 2.99. The second-order valence-electron chi connectivity index (χ2n) is 6.01. The molecule has 0 aromatic rings. The highest BCUT2D eigenvalue weighted by molar-refractivity contribution is 5.62. The van der Waals surface area contributed by atoms with Gasteiger partial charge in [0.25, 0.3) is 0 Å². The highest BCUT2D eigenvalue weighted by atomic mass is 14.7. The number of fused-ring (bicyclic) bond motifs is 1. The molecule has 0 spiro atoms. The summed E-state index contributed by atoms with van der Waals surface area (Å²) >= 11 is 0. The van der Waals surface area contributed by atoms with Crippen molar-refractivity contribution in [3.63, 3.8) is 0 Å². The van der Waals surface area contributed by atoms with E-state index in [1.807, 2.05) is 6.20 Å². The SMILES string of the molecule is CC1CC2C=NC=CCC2CCC1(C)C. The van der Waals surface area contributed by atoms with Crippen molar-refractivity contribution < 1.29 is 0 Å². The van der Waals surface area contributed by atoms with Gasteiger partial charge < -0.3 is 0 Å². The molecule has 1 fully saturated rings. The number of aliphatic imine (C=N–C) groups is 1. The van der Waals surface area contributed by atoms with Crippen molar-refractivity contribution in [2.45, 2.75) is 46.5 Å². The van der Waals surface area contributed by atoms with E-state index in [1.54, 1.807) is 0 Å². The van der Waals surface area contributed by atoms with E-state index in [4.69, 9.17) is 0 Å². The molecule has 3 unspecified atom stereocenters. The van der Waals surface area contributed by atoms with E-state index >= 15 is 0 Å². The summed E-state index contributed by atoms with van der Waals surface area (Å²) < 4.78 is 0. The van der Waals surface area contributed by atoms with Crippen LogP contribution in [0.2, 0.25) is 0 Å². The maximum absolute atomic E-state index is 4.37. The van der Waals surface area contributed by atoms with Gasteiger partial charge in [0.05, 0.1) is 0 Å². The normalized spacial score (nSPS) is 39.3. The fourth-order valence-corrected chi connectivity index (χ4v) is 2.87. The van der Waals surface area contributed by atoms with Gasteiger partial charge in [-0.05, 0) is 48.9 Å². The Morgan fingerprint density at radius 1 is 1.33 bits per heavy atom. The monoisotopic (exact) mass is 205 g/mol. The summed E-state index contributed by atoms with van der Waals surface area (Å²) in [5.41, 5.74) is 0.518. The predicted molar refractivity (Wildman–Crippen MR) is 66.0 cm³/mol. The molecule has 0 radical (unpaired) electrons. The van der Waals surface area contributed by atoms with Crippen LogP contribution in [0.1, 0.15) is 46.5 Å². The van der Waals surface area contributed by atoms with Gasteiger partial charge in [0.1, 0.15) is 0 Å². The zero-order chi connectivity index (χ0) is 10.9. The minimum Gasteiger partial charge on any atom is -0.269 e. The summed E-state index contributed by atoms with van der Waals surface area (Å²) in [7, 11) is 0. The maximum atomic E-state index is 4.37. The first kappa shape index (κ1) is 10.9. The van der Waals surface area contributed by atoms with Gasteiger partial charge in [-0.15, -0.1) is 0 Å². The average Bonchev–Trinajstić information content (AvgIpc) is 2.44. The lowest BCUT2D eigenvalue weighted by Gasteiger charge is -2.30. The molecule has 84 valence electrons. The third-order valence-corrected chi connectivity index (χ3v) is 4.63. The number of allylic oxidation sites excluding steroid dienone is 1. The molecule has 1 saturated carbocycles. The molecule has 1 heterocycles. The van der Waals surface area contributed by atoms with Crippen LogP contribution < -0.4 is 0 Å². The summed E-state index contributed by atoms with van der Waals surface area (Å²) in [5, 5.41) is 0. The van der Waals surface area contributed by atoms with E-state index in [2.05, 4.69) is 38.1 Å². The van der Waals surface area contributed by atoms with Crippen molar-refractivity contribution >= 4 is 6.21 Å². The fourth-order valence-electron chi connectivity index (χ4n) is 2.87. The van der Waals surface area contributed by atoms with E-state index in [0.717, 1.165) is 17.8 Å². The molecular weight excluding hydrogens is 182 g/mol. The van der Waals surface area contributed by atoms with Crippen molar-refractivity contribution in [3.05, 3.63) is 12.3 Å². The minimum absolute atomic E-state index is 0.518. The van der Waals surface area contributed by atoms with E-state index in [-0.39, 0.29) is 0 Å². The molecule has 2 rings (SSSR count). The number of hydrogen-bond donors (Lipinski definition) is 0. The summed E-state index contributed by atoms with van der Waals surface area (Å²) in [6, 6.07) is 0. The second-order valence-corrected chi connectivity index (χ2v) is 6.01. The van der Waals surface area contributed by atoms with Gasteiger partial charge in [0.15, 0.2) is 0 Å². The van der Waals surface area contributed by atoms with Crippen LogP contribution in [0.3, 0.4) is 0 Å². The Labute approximate surface area is 93.7 Å². The maximum Gasteiger partial charge on any atom is 0.0224 e. The van der Waals surface area contributed by atoms with Crippen LogP contribution >= 0.6 is 0 Å². The first-order valence-corrected chi connectivity index (χ1v) is 6.28. The van der Waals surface area contributed by atoms with Gasteiger partial charge in [0.2, 0.25) is 0 Å². The largest absolute Gasteiger partial charge is 0.269 e. The summed E-state index contributed by atoms with van der Waals surface area (Å²) in [4.78, 5) is 4.37. The first-order chi connectivity index (χ1) is 7.09. The lowest BCUT2D eigenvalue weighted by Crippen LogP contribution is -2.21. The average molecular weight is 205 g/mol. The quantitative estimate of drug-likeness (QED) is 0.565. The molecule has 0 bridgehead atoms. The van der Waals surface area contributed by atoms with E-state index < -0.39 is 0 Å². The van der Waals surface area contributed by atoms with Gasteiger partial charge >= 0.3 is 0 Å². The molecule has 0 aromatic carbocycles. The summed E-state index contributed by atoms with van der Waals surface area (Å²) in [6.45, 7) is 7.26. The number of nitrogens with zero attached hydrogens (tertiary/aromatic N) is 1. The van der Waals surface area contributed by atoms with Crippen molar-refractivity contribution in [2.24, 2.45) is 28.2 Å². The van der Waals surface area contributed by atoms with Crippen molar-refractivity contribution in [1.82, 2.24) is 0 Å². The van der Waals surface area contributed by atoms with Crippen molar-refractivity contribution in [3.8, 4) is 0 Å². The van der Waals surface area contributed by atoms with Gasteiger partial charge in [-0.25, -0.2) is 0 Å². The molecule has 0 saturated heterocycles. The highest BCUT2D eigenvalue weighted by Crippen LogP contribution is 2.44. The molecule has 0 N–H and O–H groups in total. The van der Waals surface area contributed by atoms with Crippen molar-refractivity contribution in [1.29, 1.82) is 0 Å². The lowest BCUT2D eigenvalue weighted by molar-refractivity contribution is 0.211. The van der Waals surface area contributed by atoms with Crippen molar-refractivity contribution in [2.75, 3.05) is 0 Å². The molecule has 1 heteroatoms. The number of hydrogen-bond acceptors (Lipinski definition) is 1. The predicted octanol–water partition coefficient (Wildman–Crippen LogP) is 4.05. The third kappa shape index (κ3) is 2.32. The van der Waals surface area contributed by atoms with Crippen LogP contribution in [0.5, 0.6) is 0 Å². The van der Waals surface area contributed by atoms with Gasteiger partial charge in [-0.3, -0.25) is 4.99 Å². The zero-order valence-electron chi connectivity index (χ0n) is 10.2. The number of rotatable bonds is 0. The highest BCUT2D eigenvalue weighted by Gasteiger charge is 2.35. The van der Waals surface area contributed by atoms with Crippen LogP contribution in [0.25, 0.3) is 0 Å². The molecule has 0 aromatic heterocycles. The molecule has 0 amide bonds. The molecule has 1 aliphatic carbocycles. The Hall–Kier alpha value is -0.590. The molecule has 1 nitrogen and oxygen atoms in total. The smallest absolute Gasteiger partial charge is 0.0224 e. The second kappa shape index (κ2) is 4.11. The third-order valence-electron chi connectivity index (χ3n) is 4.63. The topological polar surface area (TPSA) is 12.4 Å². The van der Waals surface area contributed by atoms with Crippen LogP contribution in [0.15, 0.2) is 17.3 Å². The van der Waals surface area contributed by atoms with E-state index in [9.17, 15) is 0 Å². The molecule has 2 aliphatic rings. The standard InChI is InChI=1S/C14H23N/c1-11-9-13-10-15-8-4-5-12(13)6-7-14(11,2)3/h4,8,10-13H,5-7,9H2,1-3H3. The first-order valence-electron chi connectivity index (χ1n) is 6.28. The molecule has 3 atom stereocenters. The fraction of sp³-hybridized carbons (Fsp3) is 0.786. The Morgan fingerprint density at radius 3 is 2.93 bits per heavy atom. The minimum atomic E-state index is 0.518. The molecular formula is C14H23N. The Balaban J connectivity index is 2.15. The Morgan fingerprint density at radius 2 is 2.13 bits per heavy atom. The van der Waals surface area contributed by atoms with E-state index in [0.29, 0.717) is 5.41 Å². The van der Waals surface area contributed by atoms with E-state index in [1.165, 1.54) is 25.7 Å². The van der Waals surface area contributed by atoms with Crippen LogP contribution in [-0.2, 0) is 0 Å². The molecule has 15 heavy (non-hydrogen) atoms. The molecule has 1 aliphatic heterocycles. The van der Waals surface area contributed by atoms with Gasteiger partial charge in [-0.1, -0.05) is 26.8 Å². The van der Waals surface area contributed by atoms with Gasteiger partial charge in [0, 0.05) is 12.4 Å². The van der Waals surface area contributed by atoms with Gasteiger partial charge in [-0.2, -0.15) is 0 Å². The summed E-state index contributed by atoms with van der Waals surface area (Å²) in [5.74, 6) is 2.38. The zero-order valence-corrected chi connectivity index (χ0v) is 10.2.